The summed E-state index contributed by atoms with van der Waals surface area (Å²) < 4.78 is 5.12. The first-order valence-electron chi connectivity index (χ1n) is 7.75. The van der Waals surface area contributed by atoms with Crippen LogP contribution in [-0.4, -0.2) is 30.5 Å². The van der Waals surface area contributed by atoms with Gasteiger partial charge in [-0.2, -0.15) is 0 Å². The first-order chi connectivity index (χ1) is 11.6. The predicted octanol–water partition coefficient (Wildman–Crippen LogP) is 2.39. The predicted molar refractivity (Wildman–Crippen MR) is 91.1 cm³/mol. The Balaban J connectivity index is 1.68. The molecule has 1 fully saturated rings. The van der Waals surface area contributed by atoms with Gasteiger partial charge in [0.1, 0.15) is 11.6 Å². The van der Waals surface area contributed by atoms with E-state index in [1.54, 1.807) is 36.4 Å². The maximum atomic E-state index is 12.4. The summed E-state index contributed by atoms with van der Waals surface area (Å²) in [6, 6.07) is 10.9. The number of hydrogen-bond acceptors (Lipinski definition) is 4. The van der Waals surface area contributed by atoms with E-state index in [4.69, 9.17) is 4.74 Å². The van der Waals surface area contributed by atoms with Gasteiger partial charge in [-0.15, -0.1) is 0 Å². The average Bonchev–Trinajstić information content (AvgIpc) is 2.97. The monoisotopic (exact) mass is 325 g/mol. The molecule has 124 valence electrons. The number of carbonyl (C=O) groups excluding carboxylic acids is 2. The second kappa shape index (κ2) is 6.70. The lowest BCUT2D eigenvalue weighted by Crippen LogP contribution is -2.28. The highest BCUT2D eigenvalue weighted by molar-refractivity contribution is 6.03. The van der Waals surface area contributed by atoms with Crippen molar-refractivity contribution < 1.29 is 14.3 Å². The van der Waals surface area contributed by atoms with Crippen molar-refractivity contribution in [2.75, 3.05) is 23.9 Å². The van der Waals surface area contributed by atoms with Crippen molar-refractivity contribution in [1.29, 1.82) is 0 Å². The molecule has 1 aliphatic rings. The van der Waals surface area contributed by atoms with Gasteiger partial charge in [0.15, 0.2) is 0 Å². The number of aryl methyl sites for hydroxylation is 1. The number of rotatable bonds is 4. The average molecular weight is 325 g/mol. The Morgan fingerprint density at radius 1 is 1.29 bits per heavy atom. The Bertz CT molecular complexity index is 758. The summed E-state index contributed by atoms with van der Waals surface area (Å²) in [5.41, 5.74) is 1.78. The van der Waals surface area contributed by atoms with Crippen molar-refractivity contribution in [3.8, 4) is 5.75 Å². The molecular weight excluding hydrogens is 306 g/mol. The molecule has 0 saturated carbocycles. The van der Waals surface area contributed by atoms with Crippen molar-refractivity contribution in [2.24, 2.45) is 5.92 Å². The molecule has 1 aliphatic heterocycles. The largest absolute Gasteiger partial charge is 0.497 e. The summed E-state index contributed by atoms with van der Waals surface area (Å²) in [7, 11) is 1.59. The van der Waals surface area contributed by atoms with Crippen LogP contribution in [0.5, 0.6) is 5.75 Å². The van der Waals surface area contributed by atoms with Crippen LogP contribution in [-0.2, 0) is 9.59 Å². The third-order valence-corrected chi connectivity index (χ3v) is 4.05. The topological polar surface area (TPSA) is 71.5 Å². The number of methoxy groups -OCH3 is 1. The number of nitrogens with one attached hydrogen (secondary N) is 1. The van der Waals surface area contributed by atoms with E-state index in [2.05, 4.69) is 10.3 Å². The van der Waals surface area contributed by atoms with Crippen molar-refractivity contribution in [3.05, 3.63) is 48.2 Å². The molecule has 24 heavy (non-hydrogen) atoms. The van der Waals surface area contributed by atoms with E-state index in [0.717, 1.165) is 17.0 Å². The summed E-state index contributed by atoms with van der Waals surface area (Å²) in [5.74, 6) is 0.609. The number of hydrogen-bond donors (Lipinski definition) is 1. The number of amides is 2. The summed E-state index contributed by atoms with van der Waals surface area (Å²) >= 11 is 0. The van der Waals surface area contributed by atoms with Gasteiger partial charge in [-0.25, -0.2) is 4.98 Å². The first-order valence-corrected chi connectivity index (χ1v) is 7.75. The van der Waals surface area contributed by atoms with E-state index in [0.29, 0.717) is 12.4 Å². The van der Waals surface area contributed by atoms with Crippen molar-refractivity contribution in [2.45, 2.75) is 13.3 Å². The van der Waals surface area contributed by atoms with Crippen LogP contribution in [0.1, 0.15) is 12.0 Å². The van der Waals surface area contributed by atoms with Gasteiger partial charge in [0.25, 0.3) is 0 Å². The molecule has 0 radical (unpaired) electrons. The number of ether oxygens (including phenoxy) is 1. The molecule has 0 unspecified atom stereocenters. The molecule has 6 heteroatoms. The molecule has 0 aliphatic carbocycles. The summed E-state index contributed by atoms with van der Waals surface area (Å²) in [6.45, 7) is 2.30. The molecule has 1 aromatic heterocycles. The highest BCUT2D eigenvalue weighted by Gasteiger charge is 2.35. The van der Waals surface area contributed by atoms with E-state index in [1.807, 2.05) is 25.1 Å². The molecule has 3 rings (SSSR count). The lowest BCUT2D eigenvalue weighted by Gasteiger charge is -2.17. The Morgan fingerprint density at radius 2 is 2.04 bits per heavy atom. The van der Waals surface area contributed by atoms with Crippen molar-refractivity contribution >= 4 is 23.3 Å². The van der Waals surface area contributed by atoms with Crippen LogP contribution < -0.4 is 15.0 Å². The summed E-state index contributed by atoms with van der Waals surface area (Å²) in [4.78, 5) is 30.4. The van der Waals surface area contributed by atoms with Crippen LogP contribution in [0.2, 0.25) is 0 Å². The normalized spacial score (nSPS) is 17.0. The zero-order chi connectivity index (χ0) is 17.1. The van der Waals surface area contributed by atoms with Gasteiger partial charge in [-0.3, -0.25) is 9.59 Å². The molecule has 0 bridgehead atoms. The number of nitrogens with zero attached hydrogens (tertiary/aromatic N) is 2. The van der Waals surface area contributed by atoms with Gasteiger partial charge in [0, 0.05) is 24.8 Å². The number of pyridine rings is 1. The fourth-order valence-corrected chi connectivity index (χ4v) is 2.73. The lowest BCUT2D eigenvalue weighted by atomic mass is 10.1. The maximum Gasteiger partial charge on any atom is 0.230 e. The van der Waals surface area contributed by atoms with Crippen LogP contribution in [0.25, 0.3) is 0 Å². The van der Waals surface area contributed by atoms with E-state index < -0.39 is 0 Å². The first kappa shape index (κ1) is 16.0. The minimum absolute atomic E-state index is 0.0579. The second-order valence-corrected chi connectivity index (χ2v) is 5.81. The fourth-order valence-electron chi connectivity index (χ4n) is 2.73. The zero-order valence-electron chi connectivity index (χ0n) is 13.7. The van der Waals surface area contributed by atoms with E-state index in [-0.39, 0.29) is 24.2 Å². The van der Waals surface area contributed by atoms with Gasteiger partial charge in [-0.1, -0.05) is 0 Å². The van der Waals surface area contributed by atoms with Crippen LogP contribution in [0.3, 0.4) is 0 Å². The maximum absolute atomic E-state index is 12.4. The zero-order valence-corrected chi connectivity index (χ0v) is 13.7. The molecule has 1 saturated heterocycles. The Hall–Kier alpha value is -2.89. The highest BCUT2D eigenvalue weighted by atomic mass is 16.5. The molecule has 1 N–H and O–H groups in total. The van der Waals surface area contributed by atoms with Gasteiger partial charge in [0.05, 0.1) is 13.0 Å². The second-order valence-electron chi connectivity index (χ2n) is 5.81. The number of carbonyl (C=O) groups is 2. The Morgan fingerprint density at radius 3 is 2.71 bits per heavy atom. The number of benzene rings is 1. The molecule has 0 spiro atoms. The van der Waals surface area contributed by atoms with Crippen LogP contribution >= 0.6 is 0 Å². The van der Waals surface area contributed by atoms with Gasteiger partial charge >= 0.3 is 0 Å². The van der Waals surface area contributed by atoms with Crippen molar-refractivity contribution in [3.63, 3.8) is 0 Å². The number of aromatic nitrogens is 1. The minimum atomic E-state index is -0.387. The standard InChI is InChI=1S/C18H19N3O3/c1-12-7-8-19-16(9-12)20-18(23)13-10-17(22)21(11-13)14-3-5-15(24-2)6-4-14/h3-9,13H,10-11H2,1-2H3,(H,19,20,23)/t13-/m1/s1. The van der Waals surface area contributed by atoms with Crippen LogP contribution in [0.4, 0.5) is 11.5 Å². The fraction of sp³-hybridized carbons (Fsp3) is 0.278. The third kappa shape index (κ3) is 3.37. The highest BCUT2D eigenvalue weighted by Crippen LogP contribution is 2.27. The van der Waals surface area contributed by atoms with E-state index in [9.17, 15) is 9.59 Å². The van der Waals surface area contributed by atoms with E-state index >= 15 is 0 Å². The number of anilines is 2. The molecule has 1 atom stereocenters. The minimum Gasteiger partial charge on any atom is -0.497 e. The third-order valence-electron chi connectivity index (χ3n) is 4.05. The quantitative estimate of drug-likeness (QED) is 0.937. The SMILES string of the molecule is COc1ccc(N2C[C@H](C(=O)Nc3cc(C)ccn3)CC2=O)cc1. The van der Waals surface area contributed by atoms with E-state index in [1.165, 1.54) is 0 Å². The molecular formula is C18H19N3O3. The molecule has 2 heterocycles. The van der Waals surface area contributed by atoms with Crippen molar-refractivity contribution in [1.82, 2.24) is 4.98 Å². The molecule has 2 aromatic rings. The molecule has 2 amide bonds. The van der Waals surface area contributed by atoms with Gasteiger partial charge in [-0.05, 0) is 48.9 Å². The smallest absolute Gasteiger partial charge is 0.230 e. The Labute approximate surface area is 140 Å². The van der Waals surface area contributed by atoms with Gasteiger partial charge in [0.2, 0.25) is 11.8 Å². The Kier molecular flexibility index (Phi) is 4.46. The lowest BCUT2D eigenvalue weighted by molar-refractivity contribution is -0.122. The summed E-state index contributed by atoms with van der Waals surface area (Å²) in [6.07, 6.45) is 1.85. The van der Waals surface area contributed by atoms with Crippen LogP contribution in [0.15, 0.2) is 42.6 Å². The van der Waals surface area contributed by atoms with Crippen LogP contribution in [0, 0.1) is 12.8 Å². The molecule has 6 nitrogen and oxygen atoms in total. The molecule has 1 aromatic carbocycles. The van der Waals surface area contributed by atoms with Gasteiger partial charge < -0.3 is 15.0 Å². The summed E-state index contributed by atoms with van der Waals surface area (Å²) in [5, 5.41) is 2.79.